The molecule has 0 aliphatic carbocycles. The van der Waals surface area contributed by atoms with Gasteiger partial charge in [0.1, 0.15) is 5.82 Å². The summed E-state index contributed by atoms with van der Waals surface area (Å²) in [6, 6.07) is 3.23. The van der Waals surface area contributed by atoms with E-state index in [0.29, 0.717) is 16.5 Å². The molecule has 0 saturated heterocycles. The van der Waals surface area contributed by atoms with Gasteiger partial charge in [0.05, 0.1) is 12.9 Å². The Morgan fingerprint density at radius 2 is 1.85 bits per heavy atom. The van der Waals surface area contributed by atoms with Crippen molar-refractivity contribution in [3.8, 4) is 0 Å². The number of benzene rings is 1. The van der Waals surface area contributed by atoms with Crippen molar-refractivity contribution < 1.29 is 9.18 Å². The van der Waals surface area contributed by atoms with Crippen LogP contribution in [0.1, 0.15) is 53.0 Å². The van der Waals surface area contributed by atoms with Crippen LogP contribution < -0.4 is 16.2 Å². The fourth-order valence-electron chi connectivity index (χ4n) is 3.34. The number of hydrogen-bond donors (Lipinski definition) is 1. The van der Waals surface area contributed by atoms with Crippen LogP contribution in [0.3, 0.4) is 0 Å². The average molecular weight is 467 g/mol. The second kappa shape index (κ2) is 14.8. The Balaban J connectivity index is 3.54. The molecule has 0 aliphatic heterocycles. The first-order chi connectivity index (χ1) is 16.1. The summed E-state index contributed by atoms with van der Waals surface area (Å²) in [5.41, 5.74) is 9.20. The van der Waals surface area contributed by atoms with Gasteiger partial charge in [-0.15, -0.1) is 0 Å². The molecule has 0 bridgehead atoms. The van der Waals surface area contributed by atoms with E-state index in [1.165, 1.54) is 19.1 Å². The molecule has 0 aromatic heterocycles. The number of carbonyl (C=O) groups excluding carboxylic acids is 1. The Kier molecular flexibility index (Phi) is 12.5. The van der Waals surface area contributed by atoms with Crippen LogP contribution in [-0.4, -0.2) is 42.9 Å². The van der Waals surface area contributed by atoms with Gasteiger partial charge < -0.3 is 10.6 Å². The molecule has 0 spiro atoms. The molecular formula is C28H39FN4O. The number of allylic oxidation sites excluding steroid dienone is 5. The number of nitrogens with zero attached hydrogens (tertiary/aromatic N) is 3. The monoisotopic (exact) mass is 466 g/mol. The van der Waals surface area contributed by atoms with Gasteiger partial charge >= 0.3 is 0 Å². The van der Waals surface area contributed by atoms with Crippen molar-refractivity contribution in [1.29, 1.82) is 0 Å². The summed E-state index contributed by atoms with van der Waals surface area (Å²) in [7, 11) is 0. The Hall–Kier alpha value is -3.28. The smallest absolute Gasteiger partial charge is 0.154 e. The number of aliphatic imine (C=N–C) groups is 2. The lowest BCUT2D eigenvalue weighted by Crippen LogP contribution is -2.25. The maximum atomic E-state index is 14.2. The quantitative estimate of drug-likeness (QED) is 0.217. The van der Waals surface area contributed by atoms with Crippen LogP contribution in [0.15, 0.2) is 56.8 Å². The minimum atomic E-state index is -0.278. The third-order valence-corrected chi connectivity index (χ3v) is 5.06. The van der Waals surface area contributed by atoms with E-state index >= 15 is 0 Å². The van der Waals surface area contributed by atoms with Gasteiger partial charge in [-0.3, -0.25) is 9.79 Å². The molecule has 0 saturated carbocycles. The molecule has 0 aliphatic rings. The van der Waals surface area contributed by atoms with E-state index in [4.69, 9.17) is 10.7 Å². The highest BCUT2D eigenvalue weighted by molar-refractivity contribution is 5.91. The zero-order valence-corrected chi connectivity index (χ0v) is 21.5. The van der Waals surface area contributed by atoms with E-state index in [9.17, 15) is 9.18 Å². The Bertz CT molecular complexity index is 1100. The van der Waals surface area contributed by atoms with Gasteiger partial charge in [-0.1, -0.05) is 26.5 Å². The topological polar surface area (TPSA) is 71.0 Å². The summed E-state index contributed by atoms with van der Waals surface area (Å²) in [6.07, 6.45) is 10.8. The van der Waals surface area contributed by atoms with Gasteiger partial charge in [0, 0.05) is 42.3 Å². The number of hydrogen-bond acceptors (Lipinski definition) is 4. The van der Waals surface area contributed by atoms with Gasteiger partial charge in [0.25, 0.3) is 0 Å². The number of ketones is 1. The highest BCUT2D eigenvalue weighted by Gasteiger charge is 2.06. The summed E-state index contributed by atoms with van der Waals surface area (Å²) >= 11 is 0. The van der Waals surface area contributed by atoms with Gasteiger partial charge in [-0.2, -0.15) is 0 Å². The summed E-state index contributed by atoms with van der Waals surface area (Å²) < 4.78 is 14.2. The molecular weight excluding hydrogens is 427 g/mol. The SMILES string of the molecule is C=c1cc(C)c(F)c/c1=C/C(=C\C)C(/C=NC/C(N)=C/C(C)=O)=C(/C)N=CN(CCC)CCC. The number of carbonyl (C=O) groups is 1. The first-order valence-corrected chi connectivity index (χ1v) is 11.7. The van der Waals surface area contributed by atoms with Crippen LogP contribution in [0.5, 0.6) is 0 Å². The highest BCUT2D eigenvalue weighted by Crippen LogP contribution is 2.16. The number of nitrogens with two attached hydrogens (primary N) is 1. The largest absolute Gasteiger partial charge is 0.400 e. The first kappa shape index (κ1) is 28.8. The van der Waals surface area contributed by atoms with Crippen LogP contribution in [0.25, 0.3) is 12.7 Å². The molecule has 5 nitrogen and oxygen atoms in total. The predicted molar refractivity (Wildman–Crippen MR) is 144 cm³/mol. The van der Waals surface area contributed by atoms with Crippen molar-refractivity contribution in [2.45, 2.75) is 54.4 Å². The van der Waals surface area contributed by atoms with E-state index in [1.54, 1.807) is 19.2 Å². The Morgan fingerprint density at radius 3 is 2.41 bits per heavy atom. The molecule has 1 aromatic rings. The van der Waals surface area contributed by atoms with Crippen LogP contribution in [0.2, 0.25) is 0 Å². The standard InChI is InChI=1S/C28H39FN4O/c1-8-11-33(12-9-2)19-32-23(7)27(18-31-17-26(30)14-22(6)34)24(10-3)15-25-16-28(29)21(5)13-20(25)4/h10,13-16,18-19H,4,8-9,11-12,17,30H2,1-3,5-7H3/b24-10+,25-15-,26-14-,27-23-,31-18?,32-19?. The summed E-state index contributed by atoms with van der Waals surface area (Å²) in [5, 5.41) is 1.43. The minimum absolute atomic E-state index is 0.122. The van der Waals surface area contributed by atoms with Crippen LogP contribution in [-0.2, 0) is 4.79 Å². The minimum Gasteiger partial charge on any atom is -0.400 e. The normalized spacial score (nSPS) is 14.3. The third kappa shape index (κ3) is 9.69. The molecule has 0 unspecified atom stereocenters. The molecule has 0 radical (unpaired) electrons. The fraction of sp³-hybridized carbons (Fsp3) is 0.393. The van der Waals surface area contributed by atoms with Crippen LogP contribution in [0, 0.1) is 12.7 Å². The lowest BCUT2D eigenvalue weighted by molar-refractivity contribution is -0.112. The van der Waals surface area contributed by atoms with Gasteiger partial charge in [-0.05, 0) is 80.3 Å². The van der Waals surface area contributed by atoms with Gasteiger partial charge in [0.2, 0.25) is 0 Å². The van der Waals surface area contributed by atoms with E-state index < -0.39 is 0 Å². The molecule has 1 rings (SSSR count). The summed E-state index contributed by atoms with van der Waals surface area (Å²) in [6.45, 7) is 17.4. The molecule has 34 heavy (non-hydrogen) atoms. The lowest BCUT2D eigenvalue weighted by Gasteiger charge is -2.17. The maximum absolute atomic E-state index is 14.2. The lowest BCUT2D eigenvalue weighted by atomic mass is 10.0. The van der Waals surface area contributed by atoms with E-state index in [-0.39, 0.29) is 18.1 Å². The van der Waals surface area contributed by atoms with Crippen molar-refractivity contribution in [3.05, 3.63) is 68.6 Å². The maximum Gasteiger partial charge on any atom is 0.154 e. The average Bonchev–Trinajstić information content (AvgIpc) is 2.76. The molecule has 6 heteroatoms. The van der Waals surface area contributed by atoms with Crippen molar-refractivity contribution >= 4 is 31.0 Å². The predicted octanol–water partition coefficient (Wildman–Crippen LogP) is 4.20. The van der Waals surface area contributed by atoms with Crippen LogP contribution in [0.4, 0.5) is 4.39 Å². The fourth-order valence-corrected chi connectivity index (χ4v) is 3.34. The van der Waals surface area contributed by atoms with Gasteiger partial charge in [0.15, 0.2) is 5.78 Å². The second-order valence-corrected chi connectivity index (χ2v) is 8.27. The molecule has 2 N–H and O–H groups in total. The summed E-state index contributed by atoms with van der Waals surface area (Å²) in [4.78, 5) is 22.6. The summed E-state index contributed by atoms with van der Waals surface area (Å²) in [5.74, 6) is -0.400. The molecule has 184 valence electrons. The Labute approximate surface area is 203 Å². The number of rotatable bonds is 12. The third-order valence-electron chi connectivity index (χ3n) is 5.06. The first-order valence-electron chi connectivity index (χ1n) is 11.7. The van der Waals surface area contributed by atoms with Gasteiger partial charge in [-0.25, -0.2) is 9.38 Å². The van der Waals surface area contributed by atoms with Crippen molar-refractivity contribution in [2.75, 3.05) is 19.6 Å². The van der Waals surface area contributed by atoms with E-state index in [1.807, 2.05) is 32.3 Å². The van der Waals surface area contributed by atoms with Crippen molar-refractivity contribution in [3.63, 3.8) is 0 Å². The number of halogens is 1. The van der Waals surface area contributed by atoms with E-state index in [2.05, 4.69) is 30.3 Å². The molecule has 0 fully saturated rings. The zero-order chi connectivity index (χ0) is 25.7. The highest BCUT2D eigenvalue weighted by atomic mass is 19.1. The van der Waals surface area contributed by atoms with Crippen LogP contribution >= 0.6 is 0 Å². The van der Waals surface area contributed by atoms with Crippen molar-refractivity contribution in [2.24, 2.45) is 15.7 Å². The molecule has 0 amide bonds. The Morgan fingerprint density at radius 1 is 1.21 bits per heavy atom. The second-order valence-electron chi connectivity index (χ2n) is 8.27. The van der Waals surface area contributed by atoms with E-state index in [0.717, 1.165) is 48.0 Å². The number of aryl methyl sites for hydroxylation is 1. The molecule has 0 atom stereocenters. The molecule has 1 aromatic carbocycles. The zero-order valence-electron chi connectivity index (χ0n) is 21.5. The van der Waals surface area contributed by atoms with Crippen molar-refractivity contribution in [1.82, 2.24) is 4.90 Å². The molecule has 0 heterocycles.